The first-order valence-corrected chi connectivity index (χ1v) is 7.40. The highest BCUT2D eigenvalue weighted by Crippen LogP contribution is 2.23. The summed E-state index contributed by atoms with van der Waals surface area (Å²) in [5, 5.41) is 3.28. The Hall–Kier alpha value is -1.00. The fraction of sp³-hybridized carbons (Fsp3) is 0.143. The van der Waals surface area contributed by atoms with Gasteiger partial charge in [0.05, 0.1) is 0 Å². The van der Waals surface area contributed by atoms with Gasteiger partial charge in [-0.25, -0.2) is 4.39 Å². The quantitative estimate of drug-likeness (QED) is 0.626. The van der Waals surface area contributed by atoms with E-state index in [1.807, 2.05) is 18.2 Å². The molecule has 0 aliphatic heterocycles. The zero-order valence-corrected chi connectivity index (χ0v) is 12.1. The number of hydrogen-bond acceptors (Lipinski definition) is 2. The van der Waals surface area contributed by atoms with E-state index in [4.69, 9.17) is 0 Å². The van der Waals surface area contributed by atoms with E-state index in [1.165, 1.54) is 17.0 Å². The maximum atomic E-state index is 12.9. The van der Waals surface area contributed by atoms with E-state index in [-0.39, 0.29) is 5.82 Å². The van der Waals surface area contributed by atoms with Crippen LogP contribution < -0.4 is 5.32 Å². The molecule has 0 fully saturated rings. The van der Waals surface area contributed by atoms with Gasteiger partial charge in [0.15, 0.2) is 0 Å². The first kappa shape index (κ1) is 13.4. The third kappa shape index (κ3) is 4.03. The van der Waals surface area contributed by atoms with E-state index in [1.54, 1.807) is 17.8 Å². The highest BCUT2D eigenvalue weighted by Gasteiger charge is 2.00. The van der Waals surface area contributed by atoms with Crippen molar-refractivity contribution < 1.29 is 4.39 Å². The number of rotatable bonds is 5. The Balaban J connectivity index is 1.79. The zero-order valence-electron chi connectivity index (χ0n) is 9.70. The summed E-state index contributed by atoms with van der Waals surface area (Å²) >= 11 is 5.13. The highest BCUT2D eigenvalue weighted by molar-refractivity contribution is 9.10. The monoisotopic (exact) mass is 325 g/mol. The molecule has 4 heteroatoms. The van der Waals surface area contributed by atoms with E-state index >= 15 is 0 Å². The average molecular weight is 326 g/mol. The molecular weight excluding hydrogens is 313 g/mol. The largest absolute Gasteiger partial charge is 0.383 e. The Morgan fingerprint density at radius 3 is 2.61 bits per heavy atom. The van der Waals surface area contributed by atoms with Crippen LogP contribution in [0.4, 0.5) is 10.1 Å². The van der Waals surface area contributed by atoms with Gasteiger partial charge in [-0.15, -0.1) is 11.8 Å². The second kappa shape index (κ2) is 6.81. The van der Waals surface area contributed by atoms with Crippen molar-refractivity contribution in [3.8, 4) is 0 Å². The van der Waals surface area contributed by atoms with Crippen molar-refractivity contribution in [2.45, 2.75) is 4.90 Å². The van der Waals surface area contributed by atoms with Gasteiger partial charge in [-0.2, -0.15) is 0 Å². The SMILES string of the molecule is Fc1ccc(NCCSc2ccccc2)c(Br)c1. The Morgan fingerprint density at radius 1 is 1.11 bits per heavy atom. The number of anilines is 1. The molecule has 2 aromatic carbocycles. The molecule has 0 aromatic heterocycles. The van der Waals surface area contributed by atoms with Crippen LogP contribution in [0.5, 0.6) is 0 Å². The molecule has 0 amide bonds. The number of thioether (sulfide) groups is 1. The molecule has 0 atom stereocenters. The lowest BCUT2D eigenvalue weighted by molar-refractivity contribution is 0.627. The fourth-order valence-corrected chi connectivity index (χ4v) is 2.78. The minimum Gasteiger partial charge on any atom is -0.383 e. The summed E-state index contributed by atoms with van der Waals surface area (Å²) in [6.07, 6.45) is 0. The summed E-state index contributed by atoms with van der Waals surface area (Å²) in [4.78, 5) is 1.26. The number of nitrogens with one attached hydrogen (secondary N) is 1. The molecule has 0 spiro atoms. The fourth-order valence-electron chi connectivity index (χ4n) is 1.50. The normalized spacial score (nSPS) is 10.3. The summed E-state index contributed by atoms with van der Waals surface area (Å²) in [5.74, 6) is 0.736. The molecule has 1 nitrogen and oxygen atoms in total. The molecular formula is C14H13BrFNS. The molecule has 0 saturated carbocycles. The molecule has 0 unspecified atom stereocenters. The molecule has 0 radical (unpaired) electrons. The van der Waals surface area contributed by atoms with E-state index in [9.17, 15) is 4.39 Å². The van der Waals surface area contributed by atoms with Crippen LogP contribution in [0, 0.1) is 5.82 Å². The average Bonchev–Trinajstić information content (AvgIpc) is 2.38. The summed E-state index contributed by atoms with van der Waals surface area (Å²) in [5.41, 5.74) is 0.921. The lowest BCUT2D eigenvalue weighted by atomic mass is 10.3. The Labute approximate surface area is 119 Å². The Bertz CT molecular complexity index is 504. The molecule has 94 valence electrons. The maximum absolute atomic E-state index is 12.9. The van der Waals surface area contributed by atoms with Gasteiger partial charge >= 0.3 is 0 Å². The lowest BCUT2D eigenvalue weighted by Gasteiger charge is -2.08. The van der Waals surface area contributed by atoms with Crippen molar-refractivity contribution in [3.05, 3.63) is 58.8 Å². The molecule has 0 saturated heterocycles. The van der Waals surface area contributed by atoms with Crippen LogP contribution in [0.1, 0.15) is 0 Å². The van der Waals surface area contributed by atoms with Crippen molar-refractivity contribution in [1.29, 1.82) is 0 Å². The van der Waals surface area contributed by atoms with Gasteiger partial charge < -0.3 is 5.32 Å². The second-order valence-corrected chi connectivity index (χ2v) is 5.74. The van der Waals surface area contributed by atoms with Crippen LogP contribution in [0.3, 0.4) is 0 Å². The van der Waals surface area contributed by atoms with Crippen LogP contribution in [0.25, 0.3) is 0 Å². The summed E-state index contributed by atoms with van der Waals surface area (Å²) in [6, 6.07) is 14.9. The van der Waals surface area contributed by atoms with Crippen LogP contribution in [0.2, 0.25) is 0 Å². The third-order valence-electron chi connectivity index (χ3n) is 2.36. The smallest absolute Gasteiger partial charge is 0.124 e. The van der Waals surface area contributed by atoms with E-state index < -0.39 is 0 Å². The van der Waals surface area contributed by atoms with Crippen molar-refractivity contribution >= 4 is 33.4 Å². The van der Waals surface area contributed by atoms with E-state index in [0.29, 0.717) is 0 Å². The summed E-state index contributed by atoms with van der Waals surface area (Å²) in [7, 11) is 0. The van der Waals surface area contributed by atoms with Crippen molar-refractivity contribution in [3.63, 3.8) is 0 Å². The third-order valence-corrected chi connectivity index (χ3v) is 4.03. The minimum absolute atomic E-state index is 0.230. The highest BCUT2D eigenvalue weighted by atomic mass is 79.9. The molecule has 1 N–H and O–H groups in total. The topological polar surface area (TPSA) is 12.0 Å². The van der Waals surface area contributed by atoms with Gasteiger partial charge in [-0.1, -0.05) is 18.2 Å². The predicted molar refractivity (Wildman–Crippen MR) is 79.8 cm³/mol. The van der Waals surface area contributed by atoms with Gasteiger partial charge in [0, 0.05) is 27.4 Å². The number of hydrogen-bond donors (Lipinski definition) is 1. The molecule has 2 rings (SSSR count). The Kier molecular flexibility index (Phi) is 5.08. The molecule has 0 aliphatic carbocycles. The minimum atomic E-state index is -0.230. The summed E-state index contributed by atoms with van der Waals surface area (Å²) < 4.78 is 13.7. The van der Waals surface area contributed by atoms with Gasteiger partial charge in [-0.05, 0) is 46.3 Å². The van der Waals surface area contributed by atoms with E-state index in [0.717, 1.165) is 22.5 Å². The lowest BCUT2D eigenvalue weighted by Crippen LogP contribution is -2.04. The predicted octanol–water partition coefficient (Wildman–Crippen LogP) is 4.79. The van der Waals surface area contributed by atoms with Gasteiger partial charge in [0.1, 0.15) is 5.82 Å². The van der Waals surface area contributed by atoms with E-state index in [2.05, 4.69) is 33.4 Å². The van der Waals surface area contributed by atoms with Crippen LogP contribution >= 0.6 is 27.7 Å². The van der Waals surface area contributed by atoms with Crippen molar-refractivity contribution in [2.24, 2.45) is 0 Å². The molecule has 18 heavy (non-hydrogen) atoms. The second-order valence-electron chi connectivity index (χ2n) is 3.71. The summed E-state index contributed by atoms with van der Waals surface area (Å²) in [6.45, 7) is 0.837. The number of benzene rings is 2. The van der Waals surface area contributed by atoms with Crippen molar-refractivity contribution in [1.82, 2.24) is 0 Å². The van der Waals surface area contributed by atoms with Gasteiger partial charge in [0.2, 0.25) is 0 Å². The van der Waals surface area contributed by atoms with Crippen LogP contribution in [-0.2, 0) is 0 Å². The molecule has 0 bridgehead atoms. The van der Waals surface area contributed by atoms with Gasteiger partial charge in [0.25, 0.3) is 0 Å². The first-order valence-electron chi connectivity index (χ1n) is 5.62. The van der Waals surface area contributed by atoms with Crippen LogP contribution in [-0.4, -0.2) is 12.3 Å². The Morgan fingerprint density at radius 2 is 1.89 bits per heavy atom. The molecule has 0 aliphatic rings. The standard InChI is InChI=1S/C14H13BrFNS/c15-13-10-11(16)6-7-14(13)17-8-9-18-12-4-2-1-3-5-12/h1-7,10,17H,8-9H2. The van der Waals surface area contributed by atoms with Gasteiger partial charge in [-0.3, -0.25) is 0 Å². The zero-order chi connectivity index (χ0) is 12.8. The maximum Gasteiger partial charge on any atom is 0.124 e. The van der Waals surface area contributed by atoms with Crippen molar-refractivity contribution in [2.75, 3.05) is 17.6 Å². The molecule has 2 aromatic rings. The molecule has 0 heterocycles. The number of halogens is 2. The van der Waals surface area contributed by atoms with Crippen LogP contribution in [0.15, 0.2) is 57.9 Å². The first-order chi connectivity index (χ1) is 8.75.